The summed E-state index contributed by atoms with van der Waals surface area (Å²) in [5.41, 5.74) is 0.722. The summed E-state index contributed by atoms with van der Waals surface area (Å²) in [4.78, 5) is 12.6. The standard InChI is InChI=1S/C19H23FN2O4/c1-10(2)17-9-15(22-26-17)19(24)21-18(11-6-13(23)7-11)14-8-12(20)4-5-16(14)25-3/h4-5,8-11,13,18,23H,6-7H2,1-3H3,(H,21,24)/t11?,13?,18-/m0/s1. The molecule has 1 amide bonds. The number of nitrogens with one attached hydrogen (secondary N) is 1. The second-order valence-electron chi connectivity index (χ2n) is 6.99. The second kappa shape index (κ2) is 7.45. The molecule has 140 valence electrons. The van der Waals surface area contributed by atoms with Crippen LogP contribution in [0, 0.1) is 11.7 Å². The Bertz CT molecular complexity index is 784. The highest BCUT2D eigenvalue weighted by Crippen LogP contribution is 2.41. The normalized spacial score (nSPS) is 20.5. The van der Waals surface area contributed by atoms with E-state index in [0.29, 0.717) is 29.9 Å². The largest absolute Gasteiger partial charge is 0.496 e. The molecule has 0 bridgehead atoms. The Morgan fingerprint density at radius 3 is 2.69 bits per heavy atom. The van der Waals surface area contributed by atoms with E-state index in [2.05, 4.69) is 10.5 Å². The number of benzene rings is 1. The maximum Gasteiger partial charge on any atom is 0.273 e. The Kier molecular flexibility index (Phi) is 5.27. The molecular weight excluding hydrogens is 339 g/mol. The van der Waals surface area contributed by atoms with Crippen molar-refractivity contribution in [1.82, 2.24) is 10.5 Å². The molecule has 1 saturated carbocycles. The lowest BCUT2D eigenvalue weighted by Gasteiger charge is -2.38. The van der Waals surface area contributed by atoms with Gasteiger partial charge in [-0.25, -0.2) is 4.39 Å². The number of carbonyl (C=O) groups is 1. The molecule has 0 spiro atoms. The molecule has 2 aromatic rings. The molecule has 0 unspecified atom stereocenters. The third-order valence-corrected chi connectivity index (χ3v) is 4.76. The SMILES string of the molecule is COc1ccc(F)cc1[C@@H](NC(=O)c1cc(C(C)C)on1)C1CC(O)C1. The maximum atomic E-state index is 13.8. The van der Waals surface area contributed by atoms with Crippen LogP contribution in [0.2, 0.25) is 0 Å². The van der Waals surface area contributed by atoms with Gasteiger partial charge in [-0.15, -0.1) is 0 Å². The predicted octanol–water partition coefficient (Wildman–Crippen LogP) is 3.19. The number of methoxy groups -OCH3 is 1. The van der Waals surface area contributed by atoms with Crippen molar-refractivity contribution in [2.24, 2.45) is 5.92 Å². The Balaban J connectivity index is 1.87. The first kappa shape index (κ1) is 18.4. The molecule has 1 aromatic heterocycles. The molecular formula is C19H23FN2O4. The summed E-state index contributed by atoms with van der Waals surface area (Å²) < 4.78 is 24.3. The van der Waals surface area contributed by atoms with Crippen molar-refractivity contribution in [2.75, 3.05) is 7.11 Å². The van der Waals surface area contributed by atoms with Crippen LogP contribution in [0.25, 0.3) is 0 Å². The van der Waals surface area contributed by atoms with Crippen molar-refractivity contribution in [3.05, 3.63) is 47.1 Å². The number of aromatic nitrogens is 1. The van der Waals surface area contributed by atoms with Gasteiger partial charge in [-0.3, -0.25) is 4.79 Å². The molecule has 6 nitrogen and oxygen atoms in total. The van der Waals surface area contributed by atoms with Crippen molar-refractivity contribution in [3.8, 4) is 5.75 Å². The zero-order chi connectivity index (χ0) is 18.8. The van der Waals surface area contributed by atoms with Gasteiger partial charge >= 0.3 is 0 Å². The van der Waals surface area contributed by atoms with Gasteiger partial charge in [-0.05, 0) is 37.0 Å². The summed E-state index contributed by atoms with van der Waals surface area (Å²) in [6.45, 7) is 3.89. The number of amides is 1. The molecule has 0 aliphatic heterocycles. The number of hydrogen-bond acceptors (Lipinski definition) is 5. The van der Waals surface area contributed by atoms with Crippen LogP contribution in [-0.4, -0.2) is 29.4 Å². The van der Waals surface area contributed by atoms with E-state index in [1.807, 2.05) is 13.8 Å². The molecule has 1 aromatic carbocycles. The lowest BCUT2D eigenvalue weighted by molar-refractivity contribution is 0.0230. The van der Waals surface area contributed by atoms with Crippen LogP contribution < -0.4 is 10.1 Å². The van der Waals surface area contributed by atoms with E-state index in [-0.39, 0.29) is 17.5 Å². The van der Waals surface area contributed by atoms with Crippen LogP contribution in [-0.2, 0) is 0 Å². The number of ether oxygens (including phenoxy) is 1. The first-order valence-electron chi connectivity index (χ1n) is 8.68. The molecule has 1 fully saturated rings. The van der Waals surface area contributed by atoms with Gasteiger partial charge in [0.25, 0.3) is 5.91 Å². The maximum absolute atomic E-state index is 13.8. The second-order valence-corrected chi connectivity index (χ2v) is 6.99. The van der Waals surface area contributed by atoms with E-state index in [1.54, 1.807) is 6.07 Å². The van der Waals surface area contributed by atoms with Crippen molar-refractivity contribution < 1.29 is 23.6 Å². The van der Waals surface area contributed by atoms with Gasteiger partial charge < -0.3 is 19.7 Å². The fourth-order valence-corrected chi connectivity index (χ4v) is 3.18. The van der Waals surface area contributed by atoms with Crippen LogP contribution in [0.15, 0.2) is 28.8 Å². The quantitative estimate of drug-likeness (QED) is 0.824. The number of hydrogen-bond donors (Lipinski definition) is 2. The third-order valence-electron chi connectivity index (χ3n) is 4.76. The summed E-state index contributed by atoms with van der Waals surface area (Å²) >= 11 is 0. The molecule has 1 atom stereocenters. The Morgan fingerprint density at radius 1 is 1.38 bits per heavy atom. The smallest absolute Gasteiger partial charge is 0.273 e. The van der Waals surface area contributed by atoms with E-state index in [0.717, 1.165) is 0 Å². The highest BCUT2D eigenvalue weighted by Gasteiger charge is 2.37. The van der Waals surface area contributed by atoms with Crippen LogP contribution in [0.5, 0.6) is 5.75 Å². The van der Waals surface area contributed by atoms with E-state index in [9.17, 15) is 14.3 Å². The van der Waals surface area contributed by atoms with Gasteiger partial charge in [0.05, 0.1) is 19.3 Å². The van der Waals surface area contributed by atoms with Gasteiger partial charge in [-0.2, -0.15) is 0 Å². The van der Waals surface area contributed by atoms with Crippen LogP contribution >= 0.6 is 0 Å². The molecule has 2 N–H and O–H groups in total. The zero-order valence-electron chi connectivity index (χ0n) is 15.0. The van der Waals surface area contributed by atoms with Crippen molar-refractivity contribution in [2.45, 2.75) is 44.8 Å². The minimum atomic E-state index is -0.490. The number of carbonyl (C=O) groups excluding carboxylic acids is 1. The third kappa shape index (κ3) is 3.72. The molecule has 3 rings (SSSR count). The average molecular weight is 362 g/mol. The minimum Gasteiger partial charge on any atom is -0.496 e. The molecule has 0 radical (unpaired) electrons. The average Bonchev–Trinajstić information content (AvgIpc) is 3.07. The van der Waals surface area contributed by atoms with Gasteiger partial charge in [0.15, 0.2) is 5.69 Å². The molecule has 1 aliphatic carbocycles. The van der Waals surface area contributed by atoms with Crippen molar-refractivity contribution in [3.63, 3.8) is 0 Å². The fourth-order valence-electron chi connectivity index (χ4n) is 3.18. The molecule has 0 saturated heterocycles. The minimum absolute atomic E-state index is 0.0129. The summed E-state index contributed by atoms with van der Waals surface area (Å²) in [5.74, 6) is 0.392. The molecule has 1 aliphatic rings. The van der Waals surface area contributed by atoms with Gasteiger partial charge in [0, 0.05) is 17.5 Å². The van der Waals surface area contributed by atoms with E-state index in [4.69, 9.17) is 9.26 Å². The van der Waals surface area contributed by atoms with Gasteiger partial charge in [-0.1, -0.05) is 19.0 Å². The number of halogens is 1. The summed E-state index contributed by atoms with van der Waals surface area (Å²) in [6.07, 6.45) is 0.653. The highest BCUT2D eigenvalue weighted by molar-refractivity contribution is 5.92. The fraction of sp³-hybridized carbons (Fsp3) is 0.474. The molecule has 26 heavy (non-hydrogen) atoms. The number of aliphatic hydroxyl groups is 1. The Hall–Kier alpha value is -2.41. The van der Waals surface area contributed by atoms with E-state index in [1.165, 1.54) is 25.3 Å². The predicted molar refractivity (Wildman–Crippen MR) is 92.5 cm³/mol. The van der Waals surface area contributed by atoms with Gasteiger partial charge in [0.2, 0.25) is 0 Å². The van der Waals surface area contributed by atoms with Gasteiger partial charge in [0.1, 0.15) is 17.3 Å². The first-order valence-corrected chi connectivity index (χ1v) is 8.68. The zero-order valence-corrected chi connectivity index (χ0v) is 15.0. The number of aliphatic hydroxyl groups excluding tert-OH is 1. The van der Waals surface area contributed by atoms with Crippen molar-refractivity contribution in [1.29, 1.82) is 0 Å². The number of rotatable bonds is 6. The topological polar surface area (TPSA) is 84.6 Å². The Labute approximate surface area is 151 Å². The lowest BCUT2D eigenvalue weighted by atomic mass is 9.74. The lowest BCUT2D eigenvalue weighted by Crippen LogP contribution is -2.41. The van der Waals surface area contributed by atoms with Crippen LogP contribution in [0.4, 0.5) is 4.39 Å². The van der Waals surface area contributed by atoms with Crippen LogP contribution in [0.1, 0.15) is 60.5 Å². The van der Waals surface area contributed by atoms with Crippen molar-refractivity contribution >= 4 is 5.91 Å². The Morgan fingerprint density at radius 2 is 2.12 bits per heavy atom. The van der Waals surface area contributed by atoms with Crippen LogP contribution in [0.3, 0.4) is 0 Å². The summed E-state index contributed by atoms with van der Waals surface area (Å²) in [6, 6.07) is 5.32. The van der Waals surface area contributed by atoms with E-state index >= 15 is 0 Å². The first-order chi connectivity index (χ1) is 12.4. The highest BCUT2D eigenvalue weighted by atomic mass is 19.1. The van der Waals surface area contributed by atoms with E-state index < -0.39 is 23.9 Å². The number of nitrogens with zero attached hydrogens (tertiary/aromatic N) is 1. The summed E-state index contributed by atoms with van der Waals surface area (Å²) in [7, 11) is 1.50. The molecule has 7 heteroatoms. The monoisotopic (exact) mass is 362 g/mol. The summed E-state index contributed by atoms with van der Waals surface area (Å²) in [5, 5.41) is 16.4. The molecule has 1 heterocycles.